The molecule has 0 saturated heterocycles. The van der Waals surface area contributed by atoms with Crippen LogP contribution in [-0.2, 0) is 0 Å². The Balaban J connectivity index is 1.96. The van der Waals surface area contributed by atoms with Crippen LogP contribution in [0.5, 0.6) is 5.75 Å². The molecule has 1 spiro atoms. The summed E-state index contributed by atoms with van der Waals surface area (Å²) in [5.41, 5.74) is 2.90. The Kier molecular flexibility index (Phi) is 3.76. The zero-order chi connectivity index (χ0) is 14.2. The first-order chi connectivity index (χ1) is 9.63. The summed E-state index contributed by atoms with van der Waals surface area (Å²) >= 11 is 0. The van der Waals surface area contributed by atoms with E-state index >= 15 is 0 Å². The van der Waals surface area contributed by atoms with Crippen LogP contribution >= 0.6 is 0 Å². The third kappa shape index (κ3) is 2.46. The van der Waals surface area contributed by atoms with Crippen LogP contribution in [0, 0.1) is 0 Å². The predicted molar refractivity (Wildman–Crippen MR) is 83.4 cm³/mol. The molecule has 1 fully saturated rings. The molecule has 1 aliphatic heterocycles. The molecule has 1 atom stereocenters. The lowest BCUT2D eigenvalue weighted by atomic mass is 9.84. The molecule has 0 bridgehead atoms. The van der Waals surface area contributed by atoms with Gasteiger partial charge in [0.25, 0.3) is 0 Å². The molecule has 1 aromatic rings. The molecule has 1 aromatic carbocycles. The fourth-order valence-electron chi connectivity index (χ4n) is 3.80. The van der Waals surface area contributed by atoms with Gasteiger partial charge in [-0.15, -0.1) is 0 Å². The maximum atomic E-state index is 6.45. The van der Waals surface area contributed by atoms with Gasteiger partial charge in [0.1, 0.15) is 11.4 Å². The molecule has 1 saturated carbocycles. The van der Waals surface area contributed by atoms with Crippen molar-refractivity contribution in [3.63, 3.8) is 0 Å². The average molecular weight is 273 g/mol. The van der Waals surface area contributed by atoms with Crippen molar-refractivity contribution in [3.8, 4) is 5.75 Å². The molecule has 2 nitrogen and oxygen atoms in total. The monoisotopic (exact) mass is 273 g/mol. The van der Waals surface area contributed by atoms with Gasteiger partial charge in [0, 0.05) is 18.0 Å². The van der Waals surface area contributed by atoms with E-state index in [2.05, 4.69) is 44.3 Å². The number of benzene rings is 1. The number of ether oxygens (including phenoxy) is 1. The zero-order valence-electron chi connectivity index (χ0n) is 13.0. The smallest absolute Gasteiger partial charge is 0.124 e. The SMILES string of the molecule is CCNC1CC2(CCCC2)Oc2ccc(C(C)C)cc21. The molecule has 3 rings (SSSR count). The van der Waals surface area contributed by atoms with Gasteiger partial charge >= 0.3 is 0 Å². The van der Waals surface area contributed by atoms with Crippen molar-refractivity contribution in [3.05, 3.63) is 29.3 Å². The highest BCUT2D eigenvalue weighted by atomic mass is 16.5. The lowest BCUT2D eigenvalue weighted by Gasteiger charge is -2.40. The second-order valence-corrected chi connectivity index (χ2v) is 6.76. The summed E-state index contributed by atoms with van der Waals surface area (Å²) in [5.74, 6) is 1.69. The van der Waals surface area contributed by atoms with Gasteiger partial charge in [-0.1, -0.05) is 32.9 Å². The summed E-state index contributed by atoms with van der Waals surface area (Å²) in [7, 11) is 0. The normalized spacial score (nSPS) is 23.9. The van der Waals surface area contributed by atoms with Crippen LogP contribution in [-0.4, -0.2) is 12.1 Å². The van der Waals surface area contributed by atoms with Gasteiger partial charge in [-0.3, -0.25) is 0 Å². The number of hydrogen-bond acceptors (Lipinski definition) is 2. The Bertz CT molecular complexity index is 474. The second kappa shape index (κ2) is 5.40. The van der Waals surface area contributed by atoms with Crippen LogP contribution < -0.4 is 10.1 Å². The molecule has 0 radical (unpaired) electrons. The number of fused-ring (bicyclic) bond motifs is 1. The maximum absolute atomic E-state index is 6.45. The van der Waals surface area contributed by atoms with Crippen molar-refractivity contribution >= 4 is 0 Å². The van der Waals surface area contributed by atoms with Crippen LogP contribution in [0.1, 0.15) is 76.0 Å². The third-order valence-corrected chi connectivity index (χ3v) is 4.94. The molecule has 0 amide bonds. The van der Waals surface area contributed by atoms with Crippen molar-refractivity contribution in [2.45, 2.75) is 70.4 Å². The maximum Gasteiger partial charge on any atom is 0.124 e. The average Bonchev–Trinajstić information content (AvgIpc) is 2.86. The largest absolute Gasteiger partial charge is 0.487 e. The van der Waals surface area contributed by atoms with E-state index in [9.17, 15) is 0 Å². The standard InChI is InChI=1S/C18H27NO/c1-4-19-16-12-18(9-5-6-10-18)20-17-8-7-14(13(2)3)11-15(16)17/h7-8,11,13,16,19H,4-6,9-10,12H2,1-3H3. The summed E-state index contributed by atoms with van der Waals surface area (Å²) in [5, 5.41) is 3.68. The first-order valence-corrected chi connectivity index (χ1v) is 8.20. The Labute approximate surface area is 122 Å². The highest BCUT2D eigenvalue weighted by molar-refractivity contribution is 5.43. The predicted octanol–water partition coefficient (Wildman–Crippen LogP) is 4.56. The minimum Gasteiger partial charge on any atom is -0.487 e. The van der Waals surface area contributed by atoms with Gasteiger partial charge < -0.3 is 10.1 Å². The summed E-state index contributed by atoms with van der Waals surface area (Å²) in [4.78, 5) is 0. The van der Waals surface area contributed by atoms with Crippen molar-refractivity contribution in [2.24, 2.45) is 0 Å². The van der Waals surface area contributed by atoms with Gasteiger partial charge in [-0.2, -0.15) is 0 Å². The molecule has 1 N–H and O–H groups in total. The highest BCUT2D eigenvalue weighted by Gasteiger charge is 2.42. The fraction of sp³-hybridized carbons (Fsp3) is 0.667. The zero-order valence-corrected chi connectivity index (χ0v) is 13.0. The molecular formula is C18H27NO. The minimum atomic E-state index is 0.110. The van der Waals surface area contributed by atoms with Gasteiger partial charge in [0.05, 0.1) is 0 Å². The molecule has 1 heterocycles. The Morgan fingerprint density at radius 1 is 1.30 bits per heavy atom. The minimum absolute atomic E-state index is 0.110. The fourth-order valence-corrected chi connectivity index (χ4v) is 3.80. The van der Waals surface area contributed by atoms with E-state index in [-0.39, 0.29) is 5.60 Å². The quantitative estimate of drug-likeness (QED) is 0.872. The Morgan fingerprint density at radius 3 is 2.70 bits per heavy atom. The molecule has 1 unspecified atom stereocenters. The Morgan fingerprint density at radius 2 is 2.05 bits per heavy atom. The Hall–Kier alpha value is -1.02. The molecule has 2 aliphatic rings. The van der Waals surface area contributed by atoms with Gasteiger partial charge in [0.15, 0.2) is 0 Å². The first-order valence-electron chi connectivity index (χ1n) is 8.20. The van der Waals surface area contributed by atoms with Crippen LogP contribution in [0.3, 0.4) is 0 Å². The van der Waals surface area contributed by atoms with Gasteiger partial charge in [-0.05, 0) is 49.8 Å². The lowest BCUT2D eigenvalue weighted by Crippen LogP contribution is -2.42. The molecule has 110 valence electrons. The second-order valence-electron chi connectivity index (χ2n) is 6.76. The molecule has 2 heteroatoms. The van der Waals surface area contributed by atoms with Crippen molar-refractivity contribution in [1.82, 2.24) is 5.32 Å². The lowest BCUT2D eigenvalue weighted by molar-refractivity contribution is 0.0370. The first kappa shape index (κ1) is 13.9. The molecular weight excluding hydrogens is 246 g/mol. The highest BCUT2D eigenvalue weighted by Crippen LogP contribution is 2.47. The number of hydrogen-bond donors (Lipinski definition) is 1. The summed E-state index contributed by atoms with van der Waals surface area (Å²) in [6, 6.07) is 7.25. The van der Waals surface area contributed by atoms with E-state index in [1.165, 1.54) is 36.8 Å². The molecule has 0 aromatic heterocycles. The summed E-state index contributed by atoms with van der Waals surface area (Å²) < 4.78 is 6.45. The van der Waals surface area contributed by atoms with E-state index < -0.39 is 0 Å². The molecule has 20 heavy (non-hydrogen) atoms. The van der Waals surface area contributed by atoms with Crippen molar-refractivity contribution < 1.29 is 4.74 Å². The van der Waals surface area contributed by atoms with Gasteiger partial charge in [0.2, 0.25) is 0 Å². The van der Waals surface area contributed by atoms with E-state index in [0.717, 1.165) is 18.7 Å². The third-order valence-electron chi connectivity index (χ3n) is 4.94. The summed E-state index contributed by atoms with van der Waals surface area (Å²) in [6.45, 7) is 7.73. The number of nitrogens with one attached hydrogen (secondary N) is 1. The van der Waals surface area contributed by atoms with Crippen LogP contribution in [0.25, 0.3) is 0 Å². The van der Waals surface area contributed by atoms with E-state index in [0.29, 0.717) is 12.0 Å². The van der Waals surface area contributed by atoms with Gasteiger partial charge in [-0.25, -0.2) is 0 Å². The van der Waals surface area contributed by atoms with Crippen LogP contribution in [0.15, 0.2) is 18.2 Å². The van der Waals surface area contributed by atoms with Crippen LogP contribution in [0.4, 0.5) is 0 Å². The van der Waals surface area contributed by atoms with Crippen LogP contribution in [0.2, 0.25) is 0 Å². The van der Waals surface area contributed by atoms with E-state index in [1.807, 2.05) is 0 Å². The van der Waals surface area contributed by atoms with Crippen molar-refractivity contribution in [1.29, 1.82) is 0 Å². The summed E-state index contributed by atoms with van der Waals surface area (Å²) in [6.07, 6.45) is 6.21. The van der Waals surface area contributed by atoms with Crippen molar-refractivity contribution in [2.75, 3.05) is 6.54 Å². The van der Waals surface area contributed by atoms with E-state index in [1.54, 1.807) is 0 Å². The molecule has 1 aliphatic carbocycles. The van der Waals surface area contributed by atoms with E-state index in [4.69, 9.17) is 4.74 Å². The number of rotatable bonds is 3. The topological polar surface area (TPSA) is 21.3 Å².